The number of halogens is 3. The molecular formula is C14H9BrI2N2OS. The van der Waals surface area contributed by atoms with E-state index in [-0.39, 0.29) is 11.0 Å². The highest BCUT2D eigenvalue weighted by molar-refractivity contribution is 14.1. The highest BCUT2D eigenvalue weighted by Gasteiger charge is 2.09. The van der Waals surface area contributed by atoms with Crippen molar-refractivity contribution in [2.24, 2.45) is 0 Å². The van der Waals surface area contributed by atoms with Gasteiger partial charge in [0.25, 0.3) is 5.91 Å². The lowest BCUT2D eigenvalue weighted by Crippen LogP contribution is -2.34. The maximum absolute atomic E-state index is 12.0. The molecule has 0 aliphatic rings. The molecule has 0 radical (unpaired) electrons. The molecule has 0 saturated heterocycles. The lowest BCUT2D eigenvalue weighted by Gasteiger charge is -2.11. The molecule has 0 spiro atoms. The molecule has 108 valence electrons. The topological polar surface area (TPSA) is 41.1 Å². The van der Waals surface area contributed by atoms with Crippen molar-refractivity contribution in [3.8, 4) is 0 Å². The molecule has 2 rings (SSSR count). The summed E-state index contributed by atoms with van der Waals surface area (Å²) in [6, 6.07) is 13.1. The predicted octanol–water partition coefficient (Wildman–Crippen LogP) is 4.79. The second kappa shape index (κ2) is 7.84. The van der Waals surface area contributed by atoms with Gasteiger partial charge in [0, 0.05) is 17.2 Å². The number of nitrogens with one attached hydrogen (secondary N) is 2. The molecule has 0 unspecified atom stereocenters. The Hall–Kier alpha value is -0.260. The summed E-state index contributed by atoms with van der Waals surface area (Å²) < 4.78 is 3.08. The fourth-order valence-electron chi connectivity index (χ4n) is 1.52. The van der Waals surface area contributed by atoms with Gasteiger partial charge in [0.1, 0.15) is 0 Å². The van der Waals surface area contributed by atoms with Crippen LogP contribution >= 0.6 is 73.3 Å². The third-order valence-corrected chi connectivity index (χ3v) is 4.82. The van der Waals surface area contributed by atoms with E-state index in [1.54, 1.807) is 12.1 Å². The van der Waals surface area contributed by atoms with Gasteiger partial charge >= 0.3 is 0 Å². The largest absolute Gasteiger partial charge is 0.332 e. The SMILES string of the molecule is O=C(NC(=S)Nc1ccc(Br)cc1I)c1ccc(I)cc1. The summed E-state index contributed by atoms with van der Waals surface area (Å²) >= 11 is 13.0. The van der Waals surface area contributed by atoms with Crippen molar-refractivity contribution in [1.82, 2.24) is 5.32 Å². The molecule has 21 heavy (non-hydrogen) atoms. The zero-order valence-corrected chi connectivity index (χ0v) is 17.2. The first-order valence-electron chi connectivity index (χ1n) is 5.78. The van der Waals surface area contributed by atoms with Gasteiger partial charge in [-0.25, -0.2) is 0 Å². The Labute approximate surface area is 163 Å². The summed E-state index contributed by atoms with van der Waals surface area (Å²) in [6.07, 6.45) is 0. The normalized spacial score (nSPS) is 10.0. The summed E-state index contributed by atoms with van der Waals surface area (Å²) in [5.41, 5.74) is 1.43. The summed E-state index contributed by atoms with van der Waals surface area (Å²) in [6.45, 7) is 0. The average molecular weight is 587 g/mol. The average Bonchev–Trinajstić information content (AvgIpc) is 2.42. The fraction of sp³-hybridized carbons (Fsp3) is 0. The summed E-state index contributed by atoms with van der Waals surface area (Å²) in [5.74, 6) is -0.226. The van der Waals surface area contributed by atoms with Crippen molar-refractivity contribution >= 4 is 90.0 Å². The van der Waals surface area contributed by atoms with E-state index in [1.165, 1.54) is 0 Å². The zero-order chi connectivity index (χ0) is 15.4. The van der Waals surface area contributed by atoms with E-state index in [0.717, 1.165) is 17.3 Å². The van der Waals surface area contributed by atoms with Crippen LogP contribution in [0.25, 0.3) is 0 Å². The van der Waals surface area contributed by atoms with Crippen LogP contribution in [0.5, 0.6) is 0 Å². The van der Waals surface area contributed by atoms with Crippen molar-refractivity contribution in [3.05, 3.63) is 59.6 Å². The lowest BCUT2D eigenvalue weighted by atomic mass is 10.2. The van der Waals surface area contributed by atoms with Crippen LogP contribution in [-0.4, -0.2) is 11.0 Å². The lowest BCUT2D eigenvalue weighted by molar-refractivity contribution is 0.0977. The van der Waals surface area contributed by atoms with Gasteiger partial charge in [0.2, 0.25) is 0 Å². The Balaban J connectivity index is 2.01. The first kappa shape index (κ1) is 17.1. The fourth-order valence-corrected chi connectivity index (χ4v) is 3.52. The van der Waals surface area contributed by atoms with Crippen molar-refractivity contribution in [1.29, 1.82) is 0 Å². The van der Waals surface area contributed by atoms with Gasteiger partial charge in [0.15, 0.2) is 5.11 Å². The maximum Gasteiger partial charge on any atom is 0.257 e. The molecule has 2 N–H and O–H groups in total. The van der Waals surface area contributed by atoms with Crippen LogP contribution in [0, 0.1) is 7.14 Å². The summed E-state index contributed by atoms with van der Waals surface area (Å²) in [5, 5.41) is 5.97. The van der Waals surface area contributed by atoms with Crippen LogP contribution in [0.3, 0.4) is 0 Å². The summed E-state index contributed by atoms with van der Waals surface area (Å²) in [7, 11) is 0. The molecular weight excluding hydrogens is 578 g/mol. The molecule has 3 nitrogen and oxygen atoms in total. The highest BCUT2D eigenvalue weighted by Crippen LogP contribution is 2.22. The minimum Gasteiger partial charge on any atom is -0.332 e. The van der Waals surface area contributed by atoms with E-state index < -0.39 is 0 Å². The van der Waals surface area contributed by atoms with Gasteiger partial charge in [0.05, 0.1) is 5.69 Å². The smallest absolute Gasteiger partial charge is 0.257 e. The Morgan fingerprint density at radius 3 is 2.38 bits per heavy atom. The number of anilines is 1. The first-order valence-corrected chi connectivity index (χ1v) is 9.14. The monoisotopic (exact) mass is 586 g/mol. The number of thiocarbonyl (C=S) groups is 1. The molecule has 0 aliphatic carbocycles. The Morgan fingerprint density at radius 1 is 1.10 bits per heavy atom. The van der Waals surface area contributed by atoms with Crippen molar-refractivity contribution in [3.63, 3.8) is 0 Å². The quantitative estimate of drug-likeness (QED) is 0.393. The molecule has 0 saturated carbocycles. The van der Waals surface area contributed by atoms with Gasteiger partial charge in [-0.05, 0) is 99.9 Å². The van der Waals surface area contributed by atoms with Gasteiger partial charge in [-0.2, -0.15) is 0 Å². The number of carbonyl (C=O) groups is 1. The van der Waals surface area contributed by atoms with E-state index in [2.05, 4.69) is 71.7 Å². The highest BCUT2D eigenvalue weighted by atomic mass is 127. The predicted molar refractivity (Wildman–Crippen MR) is 110 cm³/mol. The number of hydrogen-bond donors (Lipinski definition) is 2. The van der Waals surface area contributed by atoms with E-state index in [0.29, 0.717) is 5.56 Å². The Bertz CT molecular complexity index is 692. The second-order valence-corrected chi connectivity index (χ2v) is 7.77. The van der Waals surface area contributed by atoms with Crippen molar-refractivity contribution in [2.75, 3.05) is 5.32 Å². The number of benzene rings is 2. The Kier molecular flexibility index (Phi) is 6.38. The molecule has 1 amide bonds. The van der Waals surface area contributed by atoms with E-state index >= 15 is 0 Å². The van der Waals surface area contributed by atoms with Crippen LogP contribution in [0.4, 0.5) is 5.69 Å². The van der Waals surface area contributed by atoms with Gasteiger partial charge < -0.3 is 5.32 Å². The molecule has 0 heterocycles. The molecule has 2 aromatic rings. The van der Waals surface area contributed by atoms with Crippen molar-refractivity contribution in [2.45, 2.75) is 0 Å². The Morgan fingerprint density at radius 2 is 1.76 bits per heavy atom. The molecule has 0 fully saturated rings. The second-order valence-electron chi connectivity index (χ2n) is 4.04. The van der Waals surface area contributed by atoms with Crippen LogP contribution in [0.2, 0.25) is 0 Å². The minimum atomic E-state index is -0.226. The van der Waals surface area contributed by atoms with Crippen molar-refractivity contribution < 1.29 is 4.79 Å². The third kappa shape index (κ3) is 5.15. The molecule has 0 atom stereocenters. The van der Waals surface area contributed by atoms with E-state index in [4.69, 9.17) is 12.2 Å². The number of rotatable bonds is 2. The molecule has 0 aromatic heterocycles. The van der Waals surface area contributed by atoms with Crippen LogP contribution in [-0.2, 0) is 0 Å². The van der Waals surface area contributed by atoms with Gasteiger partial charge in [-0.1, -0.05) is 15.9 Å². The third-order valence-electron chi connectivity index (χ3n) is 2.51. The standard InChI is InChI=1S/C14H9BrI2N2OS/c15-9-3-6-12(11(17)7-9)18-14(21)19-13(20)8-1-4-10(16)5-2-8/h1-7H,(H2,18,19,20,21). The minimum absolute atomic E-state index is 0.226. The van der Waals surface area contributed by atoms with Gasteiger partial charge in [-0.3, -0.25) is 10.1 Å². The van der Waals surface area contributed by atoms with Gasteiger partial charge in [-0.15, -0.1) is 0 Å². The molecule has 2 aromatic carbocycles. The van der Waals surface area contributed by atoms with E-state index in [9.17, 15) is 4.79 Å². The van der Waals surface area contributed by atoms with Crippen LogP contribution in [0.15, 0.2) is 46.9 Å². The first-order chi connectivity index (χ1) is 9.95. The number of carbonyl (C=O) groups excluding carboxylic acids is 1. The molecule has 7 heteroatoms. The zero-order valence-electron chi connectivity index (χ0n) is 10.5. The van der Waals surface area contributed by atoms with Crippen LogP contribution in [0.1, 0.15) is 10.4 Å². The van der Waals surface area contributed by atoms with E-state index in [1.807, 2.05) is 30.3 Å². The molecule has 0 bridgehead atoms. The molecule has 0 aliphatic heterocycles. The number of hydrogen-bond acceptors (Lipinski definition) is 2. The maximum atomic E-state index is 12.0. The van der Waals surface area contributed by atoms with Crippen LogP contribution < -0.4 is 10.6 Å². The number of amides is 1. The summed E-state index contributed by atoms with van der Waals surface area (Å²) in [4.78, 5) is 12.0.